The molecule has 4 nitrogen and oxygen atoms in total. The molecule has 4 heteroatoms. The van der Waals surface area contributed by atoms with Crippen molar-refractivity contribution >= 4 is 5.69 Å². The molecule has 0 bridgehead atoms. The van der Waals surface area contributed by atoms with Gasteiger partial charge in [0.2, 0.25) is 0 Å². The van der Waals surface area contributed by atoms with Crippen LogP contribution in [0.1, 0.15) is 0 Å². The van der Waals surface area contributed by atoms with Crippen molar-refractivity contribution in [3.05, 3.63) is 24.5 Å². The molecule has 0 aliphatic rings. The maximum atomic E-state index is 5.15. The fraction of sp³-hybridized carbons (Fsp3) is 0.286. The Morgan fingerprint density at radius 3 is 3.09 bits per heavy atom. The number of hydrazine groups is 1. The summed E-state index contributed by atoms with van der Waals surface area (Å²) < 4.78 is 0. The van der Waals surface area contributed by atoms with Crippen LogP contribution >= 0.6 is 0 Å². The summed E-state index contributed by atoms with van der Waals surface area (Å²) in [5, 5.41) is 0. The molecular weight excluding hydrogens is 140 g/mol. The highest BCUT2D eigenvalue weighted by Gasteiger charge is 1.95. The largest absolute Gasteiger partial charge is 0.359 e. The highest BCUT2D eigenvalue weighted by atomic mass is 15.3. The van der Waals surface area contributed by atoms with E-state index in [0.717, 1.165) is 5.69 Å². The Morgan fingerprint density at radius 2 is 2.55 bits per heavy atom. The van der Waals surface area contributed by atoms with E-state index in [0.29, 0.717) is 6.67 Å². The van der Waals surface area contributed by atoms with Gasteiger partial charge >= 0.3 is 0 Å². The summed E-state index contributed by atoms with van der Waals surface area (Å²) in [4.78, 5) is 5.94. The van der Waals surface area contributed by atoms with E-state index in [1.165, 1.54) is 0 Å². The SMILES string of the molecule is CN(CNN)c1cccnc1. The van der Waals surface area contributed by atoms with Gasteiger partial charge in [-0.25, -0.2) is 5.43 Å². The molecule has 0 aromatic carbocycles. The fourth-order valence-corrected chi connectivity index (χ4v) is 0.808. The van der Waals surface area contributed by atoms with Crippen molar-refractivity contribution in [1.82, 2.24) is 10.4 Å². The molecule has 3 N–H and O–H groups in total. The maximum absolute atomic E-state index is 5.15. The quantitative estimate of drug-likeness (QED) is 0.362. The lowest BCUT2D eigenvalue weighted by Crippen LogP contribution is -2.35. The molecule has 0 unspecified atom stereocenters. The minimum absolute atomic E-state index is 0.617. The topological polar surface area (TPSA) is 54.2 Å². The Morgan fingerprint density at radius 1 is 1.73 bits per heavy atom. The van der Waals surface area contributed by atoms with E-state index in [2.05, 4.69) is 10.4 Å². The van der Waals surface area contributed by atoms with Gasteiger partial charge in [-0.05, 0) is 12.1 Å². The summed E-state index contributed by atoms with van der Waals surface area (Å²) in [6.07, 6.45) is 3.53. The van der Waals surface area contributed by atoms with Gasteiger partial charge < -0.3 is 4.90 Å². The maximum Gasteiger partial charge on any atom is 0.0805 e. The van der Waals surface area contributed by atoms with E-state index >= 15 is 0 Å². The Bertz CT molecular complexity index is 199. The Balaban J connectivity index is 2.61. The first-order chi connectivity index (χ1) is 5.34. The number of rotatable bonds is 3. The molecule has 11 heavy (non-hydrogen) atoms. The van der Waals surface area contributed by atoms with Gasteiger partial charge in [-0.1, -0.05) is 0 Å². The molecular formula is C7H12N4. The third-order valence-corrected chi connectivity index (χ3v) is 1.42. The fourth-order valence-electron chi connectivity index (χ4n) is 0.808. The van der Waals surface area contributed by atoms with Gasteiger partial charge in [-0.3, -0.25) is 10.8 Å². The molecule has 0 radical (unpaired) electrons. The van der Waals surface area contributed by atoms with E-state index < -0.39 is 0 Å². The first-order valence-corrected chi connectivity index (χ1v) is 3.39. The number of pyridine rings is 1. The third-order valence-electron chi connectivity index (χ3n) is 1.42. The van der Waals surface area contributed by atoms with Gasteiger partial charge in [0.15, 0.2) is 0 Å². The summed E-state index contributed by atoms with van der Waals surface area (Å²) in [5.74, 6) is 5.15. The predicted octanol–water partition coefficient (Wildman–Crippen LogP) is -0.0614. The smallest absolute Gasteiger partial charge is 0.0805 e. The average Bonchev–Trinajstić information content (AvgIpc) is 2.07. The number of anilines is 1. The van der Waals surface area contributed by atoms with Crippen LogP contribution in [0.15, 0.2) is 24.5 Å². The van der Waals surface area contributed by atoms with Crippen LogP contribution in [0.5, 0.6) is 0 Å². The summed E-state index contributed by atoms with van der Waals surface area (Å²) in [7, 11) is 1.94. The van der Waals surface area contributed by atoms with Gasteiger partial charge in [0.1, 0.15) is 0 Å². The molecule has 1 heterocycles. The van der Waals surface area contributed by atoms with Crippen molar-refractivity contribution in [1.29, 1.82) is 0 Å². The highest BCUT2D eigenvalue weighted by molar-refractivity contribution is 5.42. The molecule has 0 fully saturated rings. The van der Waals surface area contributed by atoms with Crippen molar-refractivity contribution in [2.75, 3.05) is 18.6 Å². The van der Waals surface area contributed by atoms with E-state index in [-0.39, 0.29) is 0 Å². The summed E-state index contributed by atoms with van der Waals surface area (Å²) >= 11 is 0. The van der Waals surface area contributed by atoms with Gasteiger partial charge in [0.25, 0.3) is 0 Å². The second-order valence-corrected chi connectivity index (χ2v) is 2.27. The van der Waals surface area contributed by atoms with Crippen molar-refractivity contribution < 1.29 is 0 Å². The van der Waals surface area contributed by atoms with Crippen LogP contribution in [0.25, 0.3) is 0 Å². The first kappa shape index (κ1) is 7.97. The number of hydrogen-bond donors (Lipinski definition) is 2. The van der Waals surface area contributed by atoms with Gasteiger partial charge in [0, 0.05) is 13.2 Å². The monoisotopic (exact) mass is 152 g/mol. The van der Waals surface area contributed by atoms with Crippen LogP contribution in [0.3, 0.4) is 0 Å². The van der Waals surface area contributed by atoms with E-state index in [1.807, 2.05) is 24.1 Å². The Kier molecular flexibility index (Phi) is 2.83. The summed E-state index contributed by atoms with van der Waals surface area (Å²) in [5.41, 5.74) is 3.61. The van der Waals surface area contributed by atoms with Crippen molar-refractivity contribution in [2.24, 2.45) is 5.84 Å². The van der Waals surface area contributed by atoms with Crippen LogP contribution in [-0.2, 0) is 0 Å². The number of hydrogen-bond acceptors (Lipinski definition) is 4. The minimum atomic E-state index is 0.617. The molecule has 0 aliphatic carbocycles. The standard InChI is InChI=1S/C7H12N4/c1-11(6-10-8)7-3-2-4-9-5-7/h2-5,10H,6,8H2,1H3. The lowest BCUT2D eigenvalue weighted by Gasteiger charge is -2.17. The van der Waals surface area contributed by atoms with E-state index in [1.54, 1.807) is 12.4 Å². The zero-order chi connectivity index (χ0) is 8.10. The summed E-state index contributed by atoms with van der Waals surface area (Å²) in [6, 6.07) is 3.87. The molecule has 60 valence electrons. The lowest BCUT2D eigenvalue weighted by molar-refractivity contribution is 0.717. The Labute approximate surface area is 66.0 Å². The zero-order valence-corrected chi connectivity index (χ0v) is 6.49. The van der Waals surface area contributed by atoms with Crippen LogP contribution in [-0.4, -0.2) is 18.7 Å². The van der Waals surface area contributed by atoms with E-state index in [9.17, 15) is 0 Å². The predicted molar refractivity (Wildman–Crippen MR) is 44.8 cm³/mol. The first-order valence-electron chi connectivity index (χ1n) is 3.39. The van der Waals surface area contributed by atoms with Crippen LogP contribution in [0.2, 0.25) is 0 Å². The average molecular weight is 152 g/mol. The molecule has 0 saturated carbocycles. The summed E-state index contributed by atoms with van der Waals surface area (Å²) in [6.45, 7) is 0.617. The molecule has 0 aliphatic heterocycles. The highest BCUT2D eigenvalue weighted by Crippen LogP contribution is 2.06. The normalized spacial score (nSPS) is 9.64. The number of nitrogens with zero attached hydrogens (tertiary/aromatic N) is 2. The molecule has 0 saturated heterocycles. The molecule has 1 aromatic rings. The number of aromatic nitrogens is 1. The van der Waals surface area contributed by atoms with Gasteiger partial charge in [-0.15, -0.1) is 0 Å². The Hall–Kier alpha value is -1.13. The molecule has 1 rings (SSSR count). The lowest BCUT2D eigenvalue weighted by atomic mass is 10.4. The third kappa shape index (κ3) is 2.18. The number of nitrogens with two attached hydrogens (primary N) is 1. The van der Waals surface area contributed by atoms with Crippen LogP contribution in [0.4, 0.5) is 5.69 Å². The van der Waals surface area contributed by atoms with Crippen molar-refractivity contribution in [2.45, 2.75) is 0 Å². The molecule has 1 aromatic heterocycles. The molecule has 0 atom stereocenters. The van der Waals surface area contributed by atoms with Gasteiger partial charge in [-0.2, -0.15) is 0 Å². The second-order valence-electron chi connectivity index (χ2n) is 2.27. The second kappa shape index (κ2) is 3.90. The van der Waals surface area contributed by atoms with Crippen LogP contribution < -0.4 is 16.2 Å². The van der Waals surface area contributed by atoms with Crippen molar-refractivity contribution in [3.8, 4) is 0 Å². The molecule has 0 spiro atoms. The number of nitrogens with one attached hydrogen (secondary N) is 1. The van der Waals surface area contributed by atoms with Crippen molar-refractivity contribution in [3.63, 3.8) is 0 Å². The van der Waals surface area contributed by atoms with E-state index in [4.69, 9.17) is 5.84 Å². The minimum Gasteiger partial charge on any atom is -0.359 e. The zero-order valence-electron chi connectivity index (χ0n) is 6.49. The van der Waals surface area contributed by atoms with Crippen LogP contribution in [0, 0.1) is 0 Å². The van der Waals surface area contributed by atoms with Gasteiger partial charge in [0.05, 0.1) is 18.6 Å². The molecule has 0 amide bonds.